The molecule has 0 unspecified atom stereocenters. The van der Waals surface area contributed by atoms with Gasteiger partial charge in [0.05, 0.1) is 24.4 Å². The molecule has 0 aliphatic carbocycles. The summed E-state index contributed by atoms with van der Waals surface area (Å²) >= 11 is 6.01. The fraction of sp³-hybridized carbons (Fsp3) is 0.280. The number of aryl methyl sites for hydroxylation is 1. The first-order valence-corrected chi connectivity index (χ1v) is 10.8. The van der Waals surface area contributed by atoms with Crippen LogP contribution in [0.1, 0.15) is 42.6 Å². The molecule has 0 bridgehead atoms. The number of hydrogen-bond acceptors (Lipinski definition) is 3. The number of nitrogens with one attached hydrogen (secondary N) is 1. The van der Waals surface area contributed by atoms with Crippen molar-refractivity contribution >= 4 is 23.6 Å². The van der Waals surface area contributed by atoms with Gasteiger partial charge in [-0.15, -0.1) is 0 Å². The van der Waals surface area contributed by atoms with Crippen LogP contribution in [0.15, 0.2) is 54.2 Å². The van der Waals surface area contributed by atoms with E-state index in [4.69, 9.17) is 16.3 Å². The maximum Gasteiger partial charge on any atom is 0.250 e. The number of aromatic amines is 1. The molecule has 4 rings (SSSR count). The highest BCUT2D eigenvalue weighted by molar-refractivity contribution is 6.30. The largest absolute Gasteiger partial charge is 0.496 e. The van der Waals surface area contributed by atoms with E-state index in [2.05, 4.69) is 16.9 Å². The number of benzene rings is 2. The SMILES string of the molecule is COc1cc(/C=C2\CCCN([C@@H](C)c3ccc(Cl)cc3)C2=O)ccc1-c1nc(C)c[nH]1. The number of amides is 1. The third kappa shape index (κ3) is 4.52. The minimum absolute atomic E-state index is 0.00688. The maximum absolute atomic E-state index is 13.2. The van der Waals surface area contributed by atoms with Crippen molar-refractivity contribution in [1.82, 2.24) is 14.9 Å². The van der Waals surface area contributed by atoms with Crippen LogP contribution >= 0.6 is 11.6 Å². The molecular weight excluding hydrogens is 410 g/mol. The second kappa shape index (κ2) is 8.98. The topological polar surface area (TPSA) is 58.2 Å². The molecule has 1 aliphatic heterocycles. The Kier molecular flexibility index (Phi) is 6.14. The molecule has 1 aromatic heterocycles. The minimum atomic E-state index is -0.00688. The summed E-state index contributed by atoms with van der Waals surface area (Å²) < 4.78 is 5.60. The third-order valence-electron chi connectivity index (χ3n) is 5.73. The van der Waals surface area contributed by atoms with Crippen molar-refractivity contribution in [2.75, 3.05) is 13.7 Å². The van der Waals surface area contributed by atoms with Crippen molar-refractivity contribution in [3.05, 3.63) is 76.1 Å². The van der Waals surface area contributed by atoms with Crippen LogP contribution in [0, 0.1) is 6.92 Å². The molecule has 31 heavy (non-hydrogen) atoms. The molecule has 1 amide bonds. The number of nitrogens with zero attached hydrogens (tertiary/aromatic N) is 2. The van der Waals surface area contributed by atoms with Crippen LogP contribution in [0.4, 0.5) is 0 Å². The predicted molar refractivity (Wildman–Crippen MR) is 124 cm³/mol. The van der Waals surface area contributed by atoms with Crippen LogP contribution in [0.25, 0.3) is 17.5 Å². The van der Waals surface area contributed by atoms with Crippen LogP contribution in [0.2, 0.25) is 5.02 Å². The quantitative estimate of drug-likeness (QED) is 0.514. The first-order valence-electron chi connectivity index (χ1n) is 10.4. The van der Waals surface area contributed by atoms with Crippen LogP contribution in [0.5, 0.6) is 5.75 Å². The highest BCUT2D eigenvalue weighted by Gasteiger charge is 2.28. The number of likely N-dealkylation sites (tertiary alicyclic amines) is 1. The van der Waals surface area contributed by atoms with Crippen molar-refractivity contribution in [3.8, 4) is 17.1 Å². The fourth-order valence-electron chi connectivity index (χ4n) is 4.00. The van der Waals surface area contributed by atoms with Crippen LogP contribution in [-0.2, 0) is 4.79 Å². The number of imidazole rings is 1. The molecule has 160 valence electrons. The zero-order chi connectivity index (χ0) is 22.0. The van der Waals surface area contributed by atoms with Gasteiger partial charge in [-0.25, -0.2) is 4.98 Å². The molecule has 2 aromatic carbocycles. The minimum Gasteiger partial charge on any atom is -0.496 e. The first kappa shape index (κ1) is 21.2. The number of hydrogen-bond donors (Lipinski definition) is 1. The lowest BCUT2D eigenvalue weighted by molar-refractivity contribution is -0.130. The second-order valence-corrected chi connectivity index (χ2v) is 8.29. The van der Waals surface area contributed by atoms with Gasteiger partial charge in [0.2, 0.25) is 5.91 Å². The summed E-state index contributed by atoms with van der Waals surface area (Å²) in [7, 11) is 1.65. The molecule has 1 fully saturated rings. The Morgan fingerprint density at radius 2 is 2.00 bits per heavy atom. The van der Waals surface area contributed by atoms with E-state index in [-0.39, 0.29) is 11.9 Å². The number of aromatic nitrogens is 2. The lowest BCUT2D eigenvalue weighted by atomic mass is 9.97. The van der Waals surface area contributed by atoms with Crippen molar-refractivity contribution < 1.29 is 9.53 Å². The highest BCUT2D eigenvalue weighted by atomic mass is 35.5. The van der Waals surface area contributed by atoms with Crippen molar-refractivity contribution in [2.45, 2.75) is 32.7 Å². The van der Waals surface area contributed by atoms with Crippen LogP contribution in [0.3, 0.4) is 0 Å². The zero-order valence-corrected chi connectivity index (χ0v) is 18.7. The number of carbonyl (C=O) groups is 1. The van der Waals surface area contributed by atoms with Crippen molar-refractivity contribution in [2.24, 2.45) is 0 Å². The average Bonchev–Trinajstić information content (AvgIpc) is 3.21. The normalized spacial score (nSPS) is 16.6. The molecule has 0 saturated carbocycles. The van der Waals surface area contributed by atoms with Gasteiger partial charge in [0, 0.05) is 23.3 Å². The molecule has 1 N–H and O–H groups in total. The highest BCUT2D eigenvalue weighted by Crippen LogP contribution is 2.32. The number of halogens is 1. The second-order valence-electron chi connectivity index (χ2n) is 7.85. The lowest BCUT2D eigenvalue weighted by Crippen LogP contribution is -2.38. The third-order valence-corrected chi connectivity index (χ3v) is 5.98. The molecule has 0 spiro atoms. The predicted octanol–water partition coefficient (Wildman–Crippen LogP) is 5.81. The van der Waals surface area contributed by atoms with Gasteiger partial charge in [-0.2, -0.15) is 0 Å². The fourth-order valence-corrected chi connectivity index (χ4v) is 4.13. The number of H-pyrrole nitrogens is 1. The smallest absolute Gasteiger partial charge is 0.250 e. The summed E-state index contributed by atoms with van der Waals surface area (Å²) in [6, 6.07) is 13.6. The number of ether oxygens (including phenoxy) is 1. The molecule has 0 radical (unpaired) electrons. The van der Waals surface area contributed by atoms with E-state index in [1.165, 1.54) is 0 Å². The Morgan fingerprint density at radius 3 is 2.68 bits per heavy atom. The number of piperidine rings is 1. The van der Waals surface area contributed by atoms with E-state index in [9.17, 15) is 4.79 Å². The van der Waals surface area contributed by atoms with Crippen molar-refractivity contribution in [1.29, 1.82) is 0 Å². The van der Waals surface area contributed by atoms with E-state index >= 15 is 0 Å². The Labute approximate surface area is 187 Å². The van der Waals surface area contributed by atoms with Gasteiger partial charge in [-0.3, -0.25) is 4.79 Å². The van der Waals surface area contributed by atoms with Gasteiger partial charge in [0.1, 0.15) is 11.6 Å². The van der Waals surface area contributed by atoms with E-state index in [0.717, 1.165) is 58.9 Å². The van der Waals surface area contributed by atoms with Gasteiger partial charge in [0.15, 0.2) is 0 Å². The molecule has 5 nitrogen and oxygen atoms in total. The van der Waals surface area contributed by atoms with Gasteiger partial charge in [-0.1, -0.05) is 29.8 Å². The summed E-state index contributed by atoms with van der Waals surface area (Å²) in [5.41, 5.74) is 4.65. The Hall–Kier alpha value is -3.05. The van der Waals surface area contributed by atoms with Gasteiger partial charge in [0.25, 0.3) is 0 Å². The van der Waals surface area contributed by atoms with E-state index in [1.807, 2.05) is 66.6 Å². The molecule has 2 heterocycles. The molecule has 1 aliphatic rings. The monoisotopic (exact) mass is 435 g/mol. The summed E-state index contributed by atoms with van der Waals surface area (Å²) in [4.78, 5) is 22.8. The Morgan fingerprint density at radius 1 is 1.23 bits per heavy atom. The Bertz CT molecular complexity index is 1120. The first-order chi connectivity index (χ1) is 15.0. The summed E-state index contributed by atoms with van der Waals surface area (Å²) in [5, 5.41) is 0.698. The average molecular weight is 436 g/mol. The number of methoxy groups -OCH3 is 1. The van der Waals surface area contributed by atoms with Crippen LogP contribution in [-0.4, -0.2) is 34.4 Å². The maximum atomic E-state index is 13.2. The van der Waals surface area contributed by atoms with Gasteiger partial charge >= 0.3 is 0 Å². The van der Waals surface area contributed by atoms with E-state index < -0.39 is 0 Å². The standard InChI is InChI=1S/C25H26ClN3O2/c1-16-15-27-24(28-16)22-11-6-18(14-23(22)31-3)13-20-5-4-12-29(25(20)30)17(2)19-7-9-21(26)10-8-19/h6-11,13-15,17H,4-5,12H2,1-3H3,(H,27,28)/b20-13+/t17-/m0/s1. The van der Waals surface area contributed by atoms with Crippen LogP contribution < -0.4 is 4.74 Å². The van der Waals surface area contributed by atoms with Crippen molar-refractivity contribution in [3.63, 3.8) is 0 Å². The molecule has 1 saturated heterocycles. The van der Waals surface area contributed by atoms with E-state index in [1.54, 1.807) is 7.11 Å². The molecule has 1 atom stereocenters. The number of rotatable bonds is 5. The number of carbonyl (C=O) groups excluding carboxylic acids is 1. The molecule has 3 aromatic rings. The molecular formula is C25H26ClN3O2. The summed E-state index contributed by atoms with van der Waals surface area (Å²) in [6.45, 7) is 4.75. The molecule has 6 heteroatoms. The van der Waals surface area contributed by atoms with Gasteiger partial charge < -0.3 is 14.6 Å². The summed E-state index contributed by atoms with van der Waals surface area (Å²) in [5.74, 6) is 1.57. The van der Waals surface area contributed by atoms with E-state index in [0.29, 0.717) is 5.02 Å². The zero-order valence-electron chi connectivity index (χ0n) is 18.0. The lowest BCUT2D eigenvalue weighted by Gasteiger charge is -2.34. The summed E-state index contributed by atoms with van der Waals surface area (Å²) in [6.07, 6.45) is 5.55. The Balaban J connectivity index is 1.59. The van der Waals surface area contributed by atoms with Gasteiger partial charge in [-0.05, 0) is 68.2 Å².